The van der Waals surface area contributed by atoms with E-state index in [0.717, 1.165) is 19.4 Å². The number of carbonyl (C=O) groups excluding carboxylic acids is 2. The first-order chi connectivity index (χ1) is 6.20. The van der Waals surface area contributed by atoms with Crippen molar-refractivity contribution in [3.63, 3.8) is 0 Å². The maximum absolute atomic E-state index is 11.2. The Labute approximate surface area is 76.6 Å². The molecule has 72 valence electrons. The number of hydrogen-bond acceptors (Lipinski definition) is 3. The van der Waals surface area contributed by atoms with Crippen LogP contribution in [0.2, 0.25) is 0 Å². The maximum Gasteiger partial charge on any atom is 0.227 e. The smallest absolute Gasteiger partial charge is 0.227 e. The molecule has 2 fully saturated rings. The Balaban J connectivity index is 2.11. The van der Waals surface area contributed by atoms with Crippen molar-refractivity contribution >= 4 is 11.8 Å². The molecule has 0 unspecified atom stereocenters. The van der Waals surface area contributed by atoms with E-state index in [4.69, 9.17) is 4.74 Å². The Bertz CT molecular complexity index is 225. The molecular formula is C9H13NO3. The third kappa shape index (κ3) is 1.72. The molecule has 2 aliphatic heterocycles. The van der Waals surface area contributed by atoms with Crippen molar-refractivity contribution in [2.75, 3.05) is 13.2 Å². The molecule has 1 N–H and O–H groups in total. The molecule has 2 rings (SSSR count). The lowest BCUT2D eigenvalue weighted by molar-refractivity contribution is -0.142. The highest BCUT2D eigenvalue weighted by Gasteiger charge is 2.40. The summed E-state index contributed by atoms with van der Waals surface area (Å²) in [5.41, 5.74) is -0.183. The fourth-order valence-corrected chi connectivity index (χ4v) is 2.18. The van der Waals surface area contributed by atoms with Gasteiger partial charge in [-0.15, -0.1) is 0 Å². The van der Waals surface area contributed by atoms with Crippen LogP contribution in [-0.2, 0) is 14.3 Å². The van der Waals surface area contributed by atoms with Gasteiger partial charge in [-0.2, -0.15) is 0 Å². The zero-order chi connectivity index (χ0) is 9.31. The first kappa shape index (κ1) is 8.69. The quantitative estimate of drug-likeness (QED) is 0.546. The van der Waals surface area contributed by atoms with Gasteiger partial charge in [-0.25, -0.2) is 0 Å². The van der Waals surface area contributed by atoms with Crippen molar-refractivity contribution in [1.29, 1.82) is 0 Å². The van der Waals surface area contributed by atoms with Gasteiger partial charge >= 0.3 is 0 Å². The number of amides is 2. The van der Waals surface area contributed by atoms with E-state index in [2.05, 4.69) is 5.32 Å². The highest BCUT2D eigenvalue weighted by molar-refractivity contribution is 5.98. The van der Waals surface area contributed by atoms with Gasteiger partial charge in [0.15, 0.2) is 0 Å². The number of carbonyl (C=O) groups is 2. The van der Waals surface area contributed by atoms with Gasteiger partial charge in [0.25, 0.3) is 0 Å². The fourth-order valence-electron chi connectivity index (χ4n) is 2.18. The summed E-state index contributed by atoms with van der Waals surface area (Å²) in [6, 6.07) is 0. The molecule has 2 saturated heterocycles. The molecular weight excluding hydrogens is 170 g/mol. The van der Waals surface area contributed by atoms with Gasteiger partial charge in [0, 0.05) is 24.9 Å². The first-order valence-corrected chi connectivity index (χ1v) is 4.61. The average Bonchev–Trinajstić information content (AvgIpc) is 2.02. The molecule has 0 saturated carbocycles. The van der Waals surface area contributed by atoms with E-state index in [-0.39, 0.29) is 17.2 Å². The third-order valence-electron chi connectivity index (χ3n) is 2.75. The van der Waals surface area contributed by atoms with Crippen molar-refractivity contribution in [2.45, 2.75) is 25.7 Å². The molecule has 4 heteroatoms. The summed E-state index contributed by atoms with van der Waals surface area (Å²) >= 11 is 0. The van der Waals surface area contributed by atoms with E-state index in [1.165, 1.54) is 0 Å². The van der Waals surface area contributed by atoms with Gasteiger partial charge in [0.05, 0.1) is 6.61 Å². The van der Waals surface area contributed by atoms with E-state index in [0.29, 0.717) is 19.4 Å². The largest absolute Gasteiger partial charge is 0.381 e. The predicted octanol–water partition coefficient (Wildman–Crippen LogP) is 0.220. The first-order valence-electron chi connectivity index (χ1n) is 4.61. The van der Waals surface area contributed by atoms with Gasteiger partial charge < -0.3 is 4.74 Å². The molecule has 4 nitrogen and oxygen atoms in total. The van der Waals surface area contributed by atoms with E-state index in [9.17, 15) is 9.59 Å². The molecule has 0 aromatic carbocycles. The van der Waals surface area contributed by atoms with Crippen LogP contribution >= 0.6 is 0 Å². The van der Waals surface area contributed by atoms with Crippen LogP contribution in [-0.4, -0.2) is 25.0 Å². The Morgan fingerprint density at radius 3 is 2.46 bits per heavy atom. The minimum atomic E-state index is -0.183. The molecule has 2 amide bonds. The van der Waals surface area contributed by atoms with Crippen LogP contribution in [0.5, 0.6) is 0 Å². The second-order valence-electron chi connectivity index (χ2n) is 3.98. The summed E-state index contributed by atoms with van der Waals surface area (Å²) in [7, 11) is 0. The van der Waals surface area contributed by atoms with Crippen LogP contribution in [0.4, 0.5) is 0 Å². The average molecular weight is 183 g/mol. The normalized spacial score (nSPS) is 27.4. The molecule has 0 bridgehead atoms. The second-order valence-corrected chi connectivity index (χ2v) is 3.98. The van der Waals surface area contributed by atoms with Crippen LogP contribution in [0.25, 0.3) is 0 Å². The van der Waals surface area contributed by atoms with Crippen LogP contribution in [0.3, 0.4) is 0 Å². The Kier molecular flexibility index (Phi) is 2.07. The highest BCUT2D eigenvalue weighted by atomic mass is 16.5. The van der Waals surface area contributed by atoms with Crippen molar-refractivity contribution in [2.24, 2.45) is 5.41 Å². The van der Waals surface area contributed by atoms with Gasteiger partial charge in [0.1, 0.15) is 0 Å². The van der Waals surface area contributed by atoms with Crippen molar-refractivity contribution < 1.29 is 14.3 Å². The molecule has 2 heterocycles. The summed E-state index contributed by atoms with van der Waals surface area (Å²) in [6.45, 7) is 1.32. The molecule has 2 aliphatic rings. The summed E-state index contributed by atoms with van der Waals surface area (Å²) < 4.78 is 5.33. The Morgan fingerprint density at radius 1 is 1.23 bits per heavy atom. The van der Waals surface area contributed by atoms with E-state index in [1.54, 1.807) is 0 Å². The molecule has 0 aromatic heterocycles. The zero-order valence-electron chi connectivity index (χ0n) is 7.47. The third-order valence-corrected chi connectivity index (χ3v) is 2.75. The van der Waals surface area contributed by atoms with Crippen LogP contribution in [0.15, 0.2) is 0 Å². The Morgan fingerprint density at radius 2 is 1.92 bits per heavy atom. The summed E-state index contributed by atoms with van der Waals surface area (Å²) in [5.74, 6) is -0.302. The van der Waals surface area contributed by atoms with E-state index < -0.39 is 0 Å². The standard InChI is InChI=1S/C9H13NO3/c11-7-4-9(5-8(12)10-7)2-1-3-13-6-9/h1-6H2,(H,10,11,12). The number of ether oxygens (including phenoxy) is 1. The van der Waals surface area contributed by atoms with E-state index >= 15 is 0 Å². The van der Waals surface area contributed by atoms with Crippen LogP contribution < -0.4 is 5.32 Å². The topological polar surface area (TPSA) is 55.4 Å². The minimum Gasteiger partial charge on any atom is -0.381 e. The summed E-state index contributed by atoms with van der Waals surface area (Å²) in [4.78, 5) is 22.3. The molecule has 1 spiro atoms. The minimum absolute atomic E-state index is 0.151. The summed E-state index contributed by atoms with van der Waals surface area (Å²) in [6.07, 6.45) is 2.78. The number of imide groups is 1. The molecule has 13 heavy (non-hydrogen) atoms. The number of hydrogen-bond donors (Lipinski definition) is 1. The number of nitrogens with one attached hydrogen (secondary N) is 1. The second kappa shape index (κ2) is 3.10. The van der Waals surface area contributed by atoms with Gasteiger partial charge in [-0.3, -0.25) is 14.9 Å². The number of rotatable bonds is 0. The van der Waals surface area contributed by atoms with Gasteiger partial charge in [0.2, 0.25) is 11.8 Å². The monoisotopic (exact) mass is 183 g/mol. The SMILES string of the molecule is O=C1CC2(CCCOC2)CC(=O)N1. The zero-order valence-corrected chi connectivity index (χ0v) is 7.47. The lowest BCUT2D eigenvalue weighted by atomic mass is 9.74. The maximum atomic E-state index is 11.2. The number of piperidine rings is 1. The Hall–Kier alpha value is -0.900. The van der Waals surface area contributed by atoms with Crippen molar-refractivity contribution in [3.05, 3.63) is 0 Å². The van der Waals surface area contributed by atoms with Crippen LogP contribution in [0, 0.1) is 5.41 Å². The van der Waals surface area contributed by atoms with Crippen molar-refractivity contribution in [1.82, 2.24) is 5.32 Å². The lowest BCUT2D eigenvalue weighted by Gasteiger charge is -2.38. The van der Waals surface area contributed by atoms with Crippen molar-refractivity contribution in [3.8, 4) is 0 Å². The molecule has 0 atom stereocenters. The van der Waals surface area contributed by atoms with Crippen LogP contribution in [0.1, 0.15) is 25.7 Å². The summed E-state index contributed by atoms with van der Waals surface area (Å²) in [5, 5.41) is 2.32. The molecule has 0 aliphatic carbocycles. The molecule has 0 aromatic rings. The van der Waals surface area contributed by atoms with Gasteiger partial charge in [-0.1, -0.05) is 0 Å². The fraction of sp³-hybridized carbons (Fsp3) is 0.778. The van der Waals surface area contributed by atoms with E-state index in [1.807, 2.05) is 0 Å². The lowest BCUT2D eigenvalue weighted by Crippen LogP contribution is -2.48. The van der Waals surface area contributed by atoms with Gasteiger partial charge in [-0.05, 0) is 12.8 Å². The molecule has 0 radical (unpaired) electrons. The highest BCUT2D eigenvalue weighted by Crippen LogP contribution is 2.37. The predicted molar refractivity (Wildman–Crippen MR) is 44.9 cm³/mol.